The summed E-state index contributed by atoms with van der Waals surface area (Å²) in [5.41, 5.74) is -0.329. The molecule has 1 fully saturated rings. The van der Waals surface area contributed by atoms with Gasteiger partial charge in [0.2, 0.25) is 5.92 Å². The number of carbonyl (C=O) groups is 2. The van der Waals surface area contributed by atoms with E-state index in [1.54, 1.807) is 32.6 Å². The van der Waals surface area contributed by atoms with Crippen molar-refractivity contribution in [3.63, 3.8) is 0 Å². The summed E-state index contributed by atoms with van der Waals surface area (Å²) in [5, 5.41) is 2.74. The molecule has 1 aliphatic heterocycles. The van der Waals surface area contributed by atoms with Crippen LogP contribution in [0.3, 0.4) is 0 Å². The average Bonchev–Trinajstić information content (AvgIpc) is 3.11. The Kier molecular flexibility index (Phi) is 9.81. The van der Waals surface area contributed by atoms with Crippen LogP contribution in [0.5, 0.6) is 0 Å². The number of carbonyl (C=O) groups excluding carboxylic acids is 2. The molecule has 0 spiro atoms. The molecule has 1 N–H and O–H groups in total. The standard InChI is InChI=1S/C32H35F5N4O4S/c1-20-25(21-10-12-22(13-11-21)32(35,36)37)19-38-27(41-16-7-14-31(33,34)15-17-41)26(20)28(42)39-23-8-6-9-24(18-23)46(5,44)40-29(43)45-30(2,3)4/h6,8-13,18-19H,7,14-17H2,1-5H3,(H,39,42)/t46-/m1/s1. The zero-order chi connectivity index (χ0) is 34.1. The number of nitrogens with zero attached hydrogens (tertiary/aromatic N) is 3. The third-order valence-corrected chi connectivity index (χ3v) is 8.88. The van der Waals surface area contributed by atoms with Crippen molar-refractivity contribution in [3.8, 4) is 11.1 Å². The van der Waals surface area contributed by atoms with E-state index in [2.05, 4.69) is 14.7 Å². The van der Waals surface area contributed by atoms with Crippen LogP contribution >= 0.6 is 0 Å². The van der Waals surface area contributed by atoms with Gasteiger partial charge in [-0.05, 0) is 75.6 Å². The van der Waals surface area contributed by atoms with E-state index in [1.165, 1.54) is 48.9 Å². The van der Waals surface area contributed by atoms with E-state index in [1.807, 2.05) is 0 Å². The fourth-order valence-corrected chi connectivity index (χ4v) is 6.09. The van der Waals surface area contributed by atoms with E-state index in [0.717, 1.165) is 12.1 Å². The number of nitrogens with one attached hydrogen (secondary N) is 1. The van der Waals surface area contributed by atoms with Gasteiger partial charge in [0.25, 0.3) is 5.91 Å². The maximum Gasteiger partial charge on any atom is 0.442 e. The lowest BCUT2D eigenvalue weighted by Gasteiger charge is -2.26. The van der Waals surface area contributed by atoms with Crippen molar-refractivity contribution in [2.45, 2.75) is 69.6 Å². The number of halogens is 5. The zero-order valence-electron chi connectivity index (χ0n) is 26.0. The number of pyridine rings is 1. The lowest BCUT2D eigenvalue weighted by atomic mass is 9.96. The Morgan fingerprint density at radius 1 is 1.04 bits per heavy atom. The lowest BCUT2D eigenvalue weighted by molar-refractivity contribution is -0.137. The molecule has 1 aromatic heterocycles. The number of alkyl halides is 5. The van der Waals surface area contributed by atoms with Crippen LogP contribution in [0.1, 0.15) is 61.5 Å². The highest BCUT2D eigenvalue weighted by Crippen LogP contribution is 2.36. The van der Waals surface area contributed by atoms with Crippen molar-refractivity contribution in [1.29, 1.82) is 0 Å². The first-order chi connectivity index (χ1) is 21.3. The quantitative estimate of drug-likeness (QED) is 0.275. The maximum atomic E-state index is 14.2. The normalized spacial score (nSPS) is 16.6. The van der Waals surface area contributed by atoms with Crippen LogP contribution in [-0.4, -0.2) is 52.1 Å². The van der Waals surface area contributed by atoms with Gasteiger partial charge in [-0.25, -0.2) is 22.8 Å². The number of anilines is 2. The number of ether oxygens (including phenoxy) is 1. The van der Waals surface area contributed by atoms with Gasteiger partial charge >= 0.3 is 12.3 Å². The molecule has 0 radical (unpaired) electrons. The van der Waals surface area contributed by atoms with Crippen molar-refractivity contribution >= 4 is 33.2 Å². The molecular formula is C32H35F5N4O4S. The van der Waals surface area contributed by atoms with Gasteiger partial charge in [-0.2, -0.15) is 13.2 Å². The molecule has 4 rings (SSSR count). The molecule has 1 atom stereocenters. The first kappa shape index (κ1) is 34.8. The minimum atomic E-state index is -4.54. The van der Waals surface area contributed by atoms with E-state index in [0.29, 0.717) is 16.7 Å². The summed E-state index contributed by atoms with van der Waals surface area (Å²) < 4.78 is 90.2. The Morgan fingerprint density at radius 2 is 1.72 bits per heavy atom. The summed E-state index contributed by atoms with van der Waals surface area (Å²) in [6, 6.07) is 10.3. The van der Waals surface area contributed by atoms with E-state index < -0.39 is 51.4 Å². The molecule has 46 heavy (non-hydrogen) atoms. The van der Waals surface area contributed by atoms with Gasteiger partial charge in [-0.3, -0.25) is 4.79 Å². The number of hydrogen-bond acceptors (Lipinski definition) is 6. The molecule has 2 aromatic carbocycles. The van der Waals surface area contributed by atoms with Crippen molar-refractivity contribution in [3.05, 3.63) is 71.4 Å². The van der Waals surface area contributed by atoms with Crippen molar-refractivity contribution in [1.82, 2.24) is 4.98 Å². The third-order valence-electron chi connectivity index (χ3n) is 7.26. The van der Waals surface area contributed by atoms with Gasteiger partial charge in [-0.15, -0.1) is 4.36 Å². The average molecular weight is 667 g/mol. The predicted molar refractivity (Wildman–Crippen MR) is 166 cm³/mol. The summed E-state index contributed by atoms with van der Waals surface area (Å²) in [6.45, 7) is 6.67. The number of hydrogen-bond donors (Lipinski definition) is 1. The molecule has 2 heterocycles. The topological polar surface area (TPSA) is 101 Å². The van der Waals surface area contributed by atoms with Gasteiger partial charge in [0.05, 0.1) is 20.9 Å². The lowest BCUT2D eigenvalue weighted by Crippen LogP contribution is -2.30. The summed E-state index contributed by atoms with van der Waals surface area (Å²) >= 11 is 0. The minimum Gasteiger partial charge on any atom is -0.442 e. The van der Waals surface area contributed by atoms with Crippen LogP contribution in [0.2, 0.25) is 0 Å². The van der Waals surface area contributed by atoms with Crippen molar-refractivity contribution in [2.24, 2.45) is 4.36 Å². The number of aromatic nitrogens is 1. The molecule has 0 saturated carbocycles. The van der Waals surface area contributed by atoms with Gasteiger partial charge in [0.1, 0.15) is 11.4 Å². The fraction of sp³-hybridized carbons (Fsp3) is 0.406. The van der Waals surface area contributed by atoms with Crippen molar-refractivity contribution in [2.75, 3.05) is 29.6 Å². The number of benzene rings is 2. The van der Waals surface area contributed by atoms with Crippen LogP contribution < -0.4 is 10.2 Å². The highest BCUT2D eigenvalue weighted by atomic mass is 32.2. The van der Waals surface area contributed by atoms with Gasteiger partial charge in [0, 0.05) is 54.5 Å². The van der Waals surface area contributed by atoms with Crippen LogP contribution in [0.25, 0.3) is 11.1 Å². The van der Waals surface area contributed by atoms with Crippen LogP contribution in [-0.2, 0) is 20.6 Å². The van der Waals surface area contributed by atoms with Gasteiger partial charge in [-0.1, -0.05) is 18.2 Å². The molecule has 0 aliphatic carbocycles. The SMILES string of the molecule is Cc1c(-c2ccc(C(F)(F)F)cc2)cnc(N2CCCC(F)(F)CC2)c1C(=O)Nc1cccc([S@@](C)(=O)=NC(=O)OC(C)(C)C)c1. The van der Waals surface area contributed by atoms with Crippen LogP contribution in [0, 0.1) is 6.92 Å². The monoisotopic (exact) mass is 666 g/mol. The van der Waals surface area contributed by atoms with E-state index in [-0.39, 0.29) is 47.9 Å². The van der Waals surface area contributed by atoms with E-state index >= 15 is 0 Å². The van der Waals surface area contributed by atoms with Gasteiger partial charge in [0.15, 0.2) is 0 Å². The Labute approximate surface area is 264 Å². The Balaban J connectivity index is 1.74. The first-order valence-electron chi connectivity index (χ1n) is 14.4. The Hall–Kier alpha value is -4.07. The molecule has 3 aromatic rings. The zero-order valence-corrected chi connectivity index (χ0v) is 26.8. The summed E-state index contributed by atoms with van der Waals surface area (Å²) in [7, 11) is -3.28. The highest BCUT2D eigenvalue weighted by Gasteiger charge is 2.34. The fourth-order valence-electron chi connectivity index (χ4n) is 4.99. The summed E-state index contributed by atoms with van der Waals surface area (Å²) in [6.07, 6.45) is -3.47. The molecule has 0 bridgehead atoms. The van der Waals surface area contributed by atoms with Crippen molar-refractivity contribution < 1.29 is 40.5 Å². The summed E-state index contributed by atoms with van der Waals surface area (Å²) in [4.78, 5) is 32.4. The third kappa shape index (κ3) is 8.59. The predicted octanol–water partition coefficient (Wildman–Crippen LogP) is 8.35. The highest BCUT2D eigenvalue weighted by molar-refractivity contribution is 7.93. The molecule has 1 aliphatic rings. The molecule has 14 heteroatoms. The maximum absolute atomic E-state index is 14.2. The number of rotatable bonds is 5. The second kappa shape index (κ2) is 13.0. The molecule has 8 nitrogen and oxygen atoms in total. The Morgan fingerprint density at radius 3 is 2.35 bits per heavy atom. The second-order valence-corrected chi connectivity index (χ2v) is 14.4. The molecule has 248 valence electrons. The molecule has 1 saturated heterocycles. The first-order valence-corrected chi connectivity index (χ1v) is 16.3. The molecular weight excluding hydrogens is 631 g/mol. The Bertz CT molecular complexity index is 1740. The molecule has 2 amide bonds. The smallest absolute Gasteiger partial charge is 0.442 e. The van der Waals surface area contributed by atoms with Gasteiger partial charge < -0.3 is 15.0 Å². The van der Waals surface area contributed by atoms with E-state index in [4.69, 9.17) is 4.74 Å². The largest absolute Gasteiger partial charge is 0.442 e. The minimum absolute atomic E-state index is 0.0451. The van der Waals surface area contributed by atoms with Crippen LogP contribution in [0.15, 0.2) is 64.0 Å². The van der Waals surface area contributed by atoms with Crippen LogP contribution in [0.4, 0.5) is 38.3 Å². The second-order valence-electron chi connectivity index (χ2n) is 12.1. The number of amides is 2. The molecule has 0 unspecified atom stereocenters. The van der Waals surface area contributed by atoms with E-state index in [9.17, 15) is 35.8 Å². The summed E-state index contributed by atoms with van der Waals surface area (Å²) in [5.74, 6) is -3.39.